The van der Waals surface area contributed by atoms with Gasteiger partial charge in [0.2, 0.25) is 0 Å². The van der Waals surface area contributed by atoms with Crippen molar-refractivity contribution >= 4 is 17.6 Å². The summed E-state index contributed by atoms with van der Waals surface area (Å²) >= 11 is 0. The number of hydrogen-bond donors (Lipinski definition) is 4. The van der Waals surface area contributed by atoms with E-state index in [1.165, 1.54) is 0 Å². The normalized spacial score (nSPS) is 13.8. The molecule has 1 aromatic rings. The second kappa shape index (κ2) is 9.02. The molecule has 1 aliphatic rings. The molecular formula is C17H19N5O3. The zero-order valence-corrected chi connectivity index (χ0v) is 13.5. The number of rotatable bonds is 7. The number of hydrogen-bond acceptors (Lipinski definition) is 4. The number of carbonyl (C=O) groups excluding carboxylic acids is 1. The van der Waals surface area contributed by atoms with Crippen LogP contribution in [-0.2, 0) is 16.0 Å². The summed E-state index contributed by atoms with van der Waals surface area (Å²) in [6.07, 6.45) is 7.77. The Bertz CT molecular complexity index is 765. The highest BCUT2D eigenvalue weighted by Crippen LogP contribution is 2.15. The fraction of sp³-hybridized carbons (Fsp3) is 0.176. The molecule has 1 aliphatic carbocycles. The van der Waals surface area contributed by atoms with Gasteiger partial charge in [0.25, 0.3) is 5.91 Å². The van der Waals surface area contributed by atoms with E-state index in [9.17, 15) is 9.59 Å². The Morgan fingerprint density at radius 2 is 2.12 bits per heavy atom. The molecule has 0 unspecified atom stereocenters. The van der Waals surface area contributed by atoms with Gasteiger partial charge in [-0.15, -0.1) is 0 Å². The van der Waals surface area contributed by atoms with Crippen molar-refractivity contribution in [3.8, 4) is 0 Å². The first kappa shape index (κ1) is 17.9. The van der Waals surface area contributed by atoms with Crippen molar-refractivity contribution in [1.29, 1.82) is 0 Å². The van der Waals surface area contributed by atoms with Gasteiger partial charge in [0, 0.05) is 11.3 Å². The van der Waals surface area contributed by atoms with E-state index in [0.717, 1.165) is 5.57 Å². The predicted octanol–water partition coefficient (Wildman–Crippen LogP) is 1.90. The number of aliphatic carboxylic acids is 1. The average Bonchev–Trinajstić information content (AvgIpc) is 2.80. The molecule has 8 heteroatoms. The molecule has 25 heavy (non-hydrogen) atoms. The number of nitrogens with one attached hydrogen (secondary N) is 2. The van der Waals surface area contributed by atoms with Crippen molar-refractivity contribution in [2.45, 2.75) is 12.8 Å². The Balaban J connectivity index is 2.04. The van der Waals surface area contributed by atoms with E-state index in [2.05, 4.69) is 21.2 Å². The van der Waals surface area contributed by atoms with Crippen LogP contribution >= 0.6 is 0 Å². The lowest BCUT2D eigenvalue weighted by Gasteiger charge is -2.07. The van der Waals surface area contributed by atoms with E-state index < -0.39 is 5.97 Å². The summed E-state index contributed by atoms with van der Waals surface area (Å²) in [4.78, 5) is 23.2. The van der Waals surface area contributed by atoms with E-state index in [1.54, 1.807) is 36.4 Å². The number of nitrogens with zero attached hydrogens (tertiary/aromatic N) is 2. The van der Waals surface area contributed by atoms with Gasteiger partial charge in [0.1, 0.15) is 0 Å². The van der Waals surface area contributed by atoms with Crippen LogP contribution < -0.4 is 16.6 Å². The zero-order valence-electron chi connectivity index (χ0n) is 13.5. The first-order valence-corrected chi connectivity index (χ1v) is 7.59. The number of amides is 1. The van der Waals surface area contributed by atoms with Gasteiger partial charge in [-0.2, -0.15) is 0 Å². The maximum atomic E-state index is 12.4. The molecule has 5 N–H and O–H groups in total. The lowest BCUT2D eigenvalue weighted by atomic mass is 10.1. The molecule has 130 valence electrons. The minimum Gasteiger partial charge on any atom is -0.481 e. The summed E-state index contributed by atoms with van der Waals surface area (Å²) in [5, 5.41) is 18.2. The molecule has 2 rings (SSSR count). The van der Waals surface area contributed by atoms with Crippen molar-refractivity contribution in [1.82, 2.24) is 5.43 Å². The highest BCUT2D eigenvalue weighted by molar-refractivity contribution is 6.06. The summed E-state index contributed by atoms with van der Waals surface area (Å²) in [5.74, 6) is 3.73. The van der Waals surface area contributed by atoms with E-state index >= 15 is 0 Å². The van der Waals surface area contributed by atoms with Gasteiger partial charge >= 0.3 is 5.97 Å². The molecule has 0 radical (unpaired) electrons. The molecule has 0 saturated carbocycles. The number of benzene rings is 1. The van der Waals surface area contributed by atoms with Crippen LogP contribution in [0.2, 0.25) is 0 Å². The van der Waals surface area contributed by atoms with Crippen LogP contribution in [0.15, 0.2) is 70.2 Å². The molecule has 0 heterocycles. The molecular weight excluding hydrogens is 322 g/mol. The van der Waals surface area contributed by atoms with Crippen molar-refractivity contribution in [3.05, 3.63) is 65.3 Å². The highest BCUT2D eigenvalue weighted by Gasteiger charge is 2.09. The number of nitrogens with two attached hydrogens (primary N) is 1. The molecule has 0 fully saturated rings. The van der Waals surface area contributed by atoms with Crippen LogP contribution in [0.1, 0.15) is 12.0 Å². The number of anilines is 1. The minimum absolute atomic E-state index is 0.0917. The van der Waals surface area contributed by atoms with Crippen LogP contribution in [0, 0.1) is 0 Å². The van der Waals surface area contributed by atoms with E-state index in [4.69, 9.17) is 10.9 Å². The van der Waals surface area contributed by atoms with Crippen molar-refractivity contribution in [2.75, 3.05) is 11.9 Å². The summed E-state index contributed by atoms with van der Waals surface area (Å²) in [6, 6.07) is 6.78. The fourth-order valence-corrected chi connectivity index (χ4v) is 2.27. The number of carbonyl (C=O) groups is 2. The van der Waals surface area contributed by atoms with Gasteiger partial charge in [-0.3, -0.25) is 15.0 Å². The van der Waals surface area contributed by atoms with Crippen LogP contribution in [0.5, 0.6) is 0 Å². The van der Waals surface area contributed by atoms with Gasteiger partial charge in [0.15, 0.2) is 0 Å². The Morgan fingerprint density at radius 1 is 1.28 bits per heavy atom. The Kier molecular flexibility index (Phi) is 6.47. The molecule has 0 spiro atoms. The molecule has 0 bridgehead atoms. The van der Waals surface area contributed by atoms with Crippen LogP contribution in [-0.4, -0.2) is 23.5 Å². The Hall–Kier alpha value is -3.42. The summed E-state index contributed by atoms with van der Waals surface area (Å²) in [5.41, 5.74) is 5.39. The topological polar surface area (TPSA) is 129 Å². The molecule has 1 aromatic carbocycles. The largest absolute Gasteiger partial charge is 0.481 e. The van der Waals surface area contributed by atoms with E-state index in [1.807, 2.05) is 12.2 Å². The van der Waals surface area contributed by atoms with Gasteiger partial charge in [-0.25, -0.2) is 0 Å². The van der Waals surface area contributed by atoms with Gasteiger partial charge in [-0.1, -0.05) is 40.8 Å². The first-order chi connectivity index (χ1) is 12.1. The van der Waals surface area contributed by atoms with Gasteiger partial charge < -0.3 is 16.3 Å². The second-order valence-corrected chi connectivity index (χ2v) is 5.33. The Morgan fingerprint density at radius 3 is 2.88 bits per heavy atom. The summed E-state index contributed by atoms with van der Waals surface area (Å²) in [6.45, 7) is 0.480. The smallest absolute Gasteiger partial charge is 0.307 e. The number of allylic oxidation sites excluding steroid dienone is 3. The standard InChI is InChI=1S/C17H19N5O3/c18-21-22-19-11-12-3-1-5-14(8-7-12)17(25)20-15-6-2-4-13(9-15)10-16(23)24/h1-2,4-9H,3,10-11H2,(H2,18,22)(H,19,21)(H,20,25)(H,23,24). The molecule has 0 atom stereocenters. The molecule has 8 nitrogen and oxygen atoms in total. The lowest BCUT2D eigenvalue weighted by Crippen LogP contribution is -2.13. The third-order valence-corrected chi connectivity index (χ3v) is 3.41. The van der Waals surface area contributed by atoms with Crippen LogP contribution in [0.25, 0.3) is 0 Å². The molecule has 0 saturated heterocycles. The highest BCUT2D eigenvalue weighted by atomic mass is 16.4. The maximum absolute atomic E-state index is 12.4. The summed E-state index contributed by atoms with van der Waals surface area (Å²) in [7, 11) is 0. The monoisotopic (exact) mass is 341 g/mol. The van der Waals surface area contributed by atoms with Gasteiger partial charge in [0.05, 0.1) is 13.0 Å². The van der Waals surface area contributed by atoms with Crippen molar-refractivity contribution in [2.24, 2.45) is 16.3 Å². The Labute approximate surface area is 144 Å². The number of carboxylic acid groups (broad SMARTS) is 1. The zero-order chi connectivity index (χ0) is 18.1. The SMILES string of the molecule is N/N=N\NCC1=CC=C(C(=O)Nc2cccc(CC(=O)O)c2)C=CC1. The molecule has 1 amide bonds. The maximum Gasteiger partial charge on any atom is 0.307 e. The lowest BCUT2D eigenvalue weighted by molar-refractivity contribution is -0.136. The number of carboxylic acids is 1. The van der Waals surface area contributed by atoms with E-state index in [-0.39, 0.29) is 12.3 Å². The third kappa shape index (κ3) is 5.94. The quantitative estimate of drug-likeness (QED) is 0.342. The van der Waals surface area contributed by atoms with E-state index in [0.29, 0.717) is 29.8 Å². The average molecular weight is 341 g/mol. The summed E-state index contributed by atoms with van der Waals surface area (Å²) < 4.78 is 0. The first-order valence-electron chi connectivity index (χ1n) is 7.59. The molecule has 0 aliphatic heterocycles. The van der Waals surface area contributed by atoms with Crippen LogP contribution in [0.3, 0.4) is 0 Å². The minimum atomic E-state index is -0.918. The third-order valence-electron chi connectivity index (χ3n) is 3.41. The van der Waals surface area contributed by atoms with Crippen LogP contribution in [0.4, 0.5) is 5.69 Å². The van der Waals surface area contributed by atoms with Crippen molar-refractivity contribution in [3.63, 3.8) is 0 Å². The molecule has 0 aromatic heterocycles. The second-order valence-electron chi connectivity index (χ2n) is 5.33. The predicted molar refractivity (Wildman–Crippen MR) is 93.4 cm³/mol. The van der Waals surface area contributed by atoms with Crippen molar-refractivity contribution < 1.29 is 14.7 Å². The fourth-order valence-electron chi connectivity index (χ4n) is 2.27. The van der Waals surface area contributed by atoms with Gasteiger partial charge in [-0.05, 0) is 35.8 Å².